The van der Waals surface area contributed by atoms with Crippen molar-refractivity contribution in [2.24, 2.45) is 11.7 Å². The molecule has 0 aromatic rings. The summed E-state index contributed by atoms with van der Waals surface area (Å²) in [7, 11) is 0. The largest absolute Gasteiger partial charge is 0.477 e. The first-order chi connectivity index (χ1) is 9.41. The number of hydrogen-bond donors (Lipinski definition) is 3. The Hall–Kier alpha value is -1.56. The smallest absolute Gasteiger partial charge is 0.353 e. The van der Waals surface area contributed by atoms with Gasteiger partial charge in [-0.25, -0.2) is 4.79 Å². The summed E-state index contributed by atoms with van der Waals surface area (Å²) in [6.07, 6.45) is -0.597. The molecule has 1 fully saturated rings. The maximum Gasteiger partial charge on any atom is 0.353 e. The van der Waals surface area contributed by atoms with E-state index >= 15 is 0 Å². The Morgan fingerprint density at radius 2 is 2.30 bits per heavy atom. The number of carbonyl (C=O) groups excluding carboxylic acids is 1. The summed E-state index contributed by atoms with van der Waals surface area (Å²) in [5.41, 5.74) is 5.93. The lowest BCUT2D eigenvalue weighted by Gasteiger charge is -2.46. The SMILES string of the molecule is CC(O)C1C(=O)N2C(C(=O)O)=C(SCCC#N)C(N)[C@H]12. The molecule has 108 valence electrons. The van der Waals surface area contributed by atoms with Gasteiger partial charge in [0.2, 0.25) is 5.91 Å². The van der Waals surface area contributed by atoms with Gasteiger partial charge in [-0.2, -0.15) is 5.26 Å². The van der Waals surface area contributed by atoms with Crippen molar-refractivity contribution in [1.82, 2.24) is 4.90 Å². The zero-order chi connectivity index (χ0) is 15.0. The van der Waals surface area contributed by atoms with E-state index in [0.29, 0.717) is 10.7 Å². The topological polar surface area (TPSA) is 128 Å². The fourth-order valence-electron chi connectivity index (χ4n) is 2.68. The minimum Gasteiger partial charge on any atom is -0.477 e. The Morgan fingerprint density at radius 3 is 2.80 bits per heavy atom. The Kier molecular flexibility index (Phi) is 4.04. The maximum atomic E-state index is 12.0. The van der Waals surface area contributed by atoms with Crippen LogP contribution in [-0.4, -0.2) is 50.9 Å². The number of carboxylic acids is 1. The van der Waals surface area contributed by atoms with Gasteiger partial charge in [0.25, 0.3) is 0 Å². The number of carbonyl (C=O) groups is 2. The lowest BCUT2D eigenvalue weighted by Crippen LogP contribution is -2.66. The van der Waals surface area contributed by atoms with Gasteiger partial charge in [0.05, 0.1) is 30.2 Å². The number of carboxylic acid groups (broad SMARTS) is 1. The number of β-lactam (4-membered cyclic amide) rings is 1. The van der Waals surface area contributed by atoms with E-state index in [1.807, 2.05) is 6.07 Å². The number of amides is 1. The van der Waals surface area contributed by atoms with E-state index < -0.39 is 36.0 Å². The number of aliphatic carboxylic acids is 1. The quantitative estimate of drug-likeness (QED) is 0.460. The van der Waals surface area contributed by atoms with Crippen molar-refractivity contribution in [3.8, 4) is 6.07 Å². The molecule has 8 heteroatoms. The molecule has 3 unspecified atom stereocenters. The molecule has 0 radical (unpaired) electrons. The number of rotatable bonds is 5. The van der Waals surface area contributed by atoms with E-state index in [2.05, 4.69) is 0 Å². The molecule has 4 atom stereocenters. The normalized spacial score (nSPS) is 29.8. The van der Waals surface area contributed by atoms with Crippen LogP contribution in [0.25, 0.3) is 0 Å². The standard InChI is InChI=1S/C12H15N3O4S/c1-5(16)6-8-7(14)10(20-4-2-3-13)9(12(18)19)15(8)11(6)17/h5-8,16H,2,4,14H2,1H3,(H,18,19)/t5?,6?,7?,8-/m0/s1. The van der Waals surface area contributed by atoms with Crippen molar-refractivity contribution in [2.45, 2.75) is 31.5 Å². The van der Waals surface area contributed by atoms with Crippen LogP contribution in [0.15, 0.2) is 10.6 Å². The average molecular weight is 297 g/mol. The average Bonchev–Trinajstić information content (AvgIpc) is 2.60. The number of hydrogen-bond acceptors (Lipinski definition) is 6. The first kappa shape index (κ1) is 14.8. The molecular weight excluding hydrogens is 282 g/mol. The van der Waals surface area contributed by atoms with Crippen LogP contribution in [0.1, 0.15) is 13.3 Å². The summed E-state index contributed by atoms with van der Waals surface area (Å²) < 4.78 is 0. The van der Waals surface area contributed by atoms with Gasteiger partial charge in [-0.1, -0.05) is 0 Å². The molecule has 1 saturated heterocycles. The van der Waals surface area contributed by atoms with Crippen molar-refractivity contribution < 1.29 is 19.8 Å². The van der Waals surface area contributed by atoms with Crippen LogP contribution in [0.5, 0.6) is 0 Å². The van der Waals surface area contributed by atoms with E-state index in [1.54, 1.807) is 0 Å². The lowest BCUT2D eigenvalue weighted by atomic mass is 9.81. The lowest BCUT2D eigenvalue weighted by molar-refractivity contribution is -0.161. The molecule has 1 amide bonds. The molecule has 0 spiro atoms. The van der Waals surface area contributed by atoms with Gasteiger partial charge in [-0.05, 0) is 6.92 Å². The van der Waals surface area contributed by atoms with Crippen LogP contribution in [0.4, 0.5) is 0 Å². The summed E-state index contributed by atoms with van der Waals surface area (Å²) in [5.74, 6) is -1.85. The van der Waals surface area contributed by atoms with Gasteiger partial charge in [0.15, 0.2) is 0 Å². The van der Waals surface area contributed by atoms with Crippen LogP contribution in [-0.2, 0) is 9.59 Å². The second-order valence-electron chi connectivity index (χ2n) is 4.77. The molecule has 0 aromatic heterocycles. The van der Waals surface area contributed by atoms with Crippen LogP contribution < -0.4 is 5.73 Å². The Bertz CT molecular complexity index is 525. The molecule has 0 bridgehead atoms. The van der Waals surface area contributed by atoms with Gasteiger partial charge in [0.1, 0.15) is 5.70 Å². The minimum absolute atomic E-state index is 0.104. The number of thioether (sulfide) groups is 1. The predicted octanol–water partition coefficient (Wildman–Crippen LogP) is -0.522. The zero-order valence-corrected chi connectivity index (χ0v) is 11.6. The van der Waals surface area contributed by atoms with Gasteiger partial charge in [-0.15, -0.1) is 11.8 Å². The van der Waals surface area contributed by atoms with Crippen LogP contribution in [0, 0.1) is 17.2 Å². The Labute approximate surface area is 120 Å². The van der Waals surface area contributed by atoms with Crippen molar-refractivity contribution in [3.05, 3.63) is 10.6 Å². The number of nitrogens with two attached hydrogens (primary N) is 1. The third-order valence-corrected chi connectivity index (χ3v) is 4.71. The fraction of sp³-hybridized carbons (Fsp3) is 0.583. The molecule has 0 aliphatic carbocycles. The molecule has 2 aliphatic rings. The number of aliphatic hydroxyl groups is 1. The van der Waals surface area contributed by atoms with E-state index in [0.717, 1.165) is 0 Å². The molecule has 20 heavy (non-hydrogen) atoms. The monoisotopic (exact) mass is 297 g/mol. The Morgan fingerprint density at radius 1 is 1.65 bits per heavy atom. The first-order valence-corrected chi connectivity index (χ1v) is 7.14. The summed E-state index contributed by atoms with van der Waals surface area (Å²) >= 11 is 1.19. The molecule has 2 heterocycles. The van der Waals surface area contributed by atoms with Crippen LogP contribution >= 0.6 is 11.8 Å². The highest BCUT2D eigenvalue weighted by Crippen LogP contribution is 2.46. The molecule has 7 nitrogen and oxygen atoms in total. The second-order valence-corrected chi connectivity index (χ2v) is 5.90. The van der Waals surface area contributed by atoms with E-state index in [4.69, 9.17) is 11.0 Å². The van der Waals surface area contributed by atoms with Gasteiger partial charge >= 0.3 is 5.97 Å². The van der Waals surface area contributed by atoms with Gasteiger partial charge < -0.3 is 15.9 Å². The van der Waals surface area contributed by atoms with Gasteiger partial charge in [0, 0.05) is 17.1 Å². The number of nitriles is 1. The van der Waals surface area contributed by atoms with Gasteiger partial charge in [-0.3, -0.25) is 9.69 Å². The highest BCUT2D eigenvalue weighted by atomic mass is 32.2. The van der Waals surface area contributed by atoms with E-state index in [9.17, 15) is 19.8 Å². The first-order valence-electron chi connectivity index (χ1n) is 6.15. The van der Waals surface area contributed by atoms with Crippen molar-refractivity contribution in [1.29, 1.82) is 5.26 Å². The third-order valence-electron chi connectivity index (χ3n) is 3.53. The molecular formula is C12H15N3O4S. The highest BCUT2D eigenvalue weighted by Gasteiger charge is 2.60. The minimum atomic E-state index is -1.21. The maximum absolute atomic E-state index is 12.0. The number of nitrogens with zero attached hydrogens (tertiary/aromatic N) is 2. The summed E-state index contributed by atoms with van der Waals surface area (Å²) in [6, 6.07) is 0.847. The van der Waals surface area contributed by atoms with Crippen molar-refractivity contribution >= 4 is 23.6 Å². The Balaban J connectivity index is 2.28. The fourth-order valence-corrected chi connectivity index (χ4v) is 3.75. The van der Waals surface area contributed by atoms with E-state index in [-0.39, 0.29) is 12.1 Å². The summed E-state index contributed by atoms with van der Waals surface area (Å²) in [4.78, 5) is 24.9. The molecule has 0 aromatic carbocycles. The van der Waals surface area contributed by atoms with Crippen LogP contribution in [0.3, 0.4) is 0 Å². The molecule has 2 rings (SSSR count). The predicted molar refractivity (Wildman–Crippen MR) is 71.1 cm³/mol. The van der Waals surface area contributed by atoms with Crippen LogP contribution in [0.2, 0.25) is 0 Å². The molecule has 4 N–H and O–H groups in total. The van der Waals surface area contributed by atoms with Crippen molar-refractivity contribution in [3.63, 3.8) is 0 Å². The highest BCUT2D eigenvalue weighted by molar-refractivity contribution is 8.03. The number of fused-ring (bicyclic) bond motifs is 1. The summed E-state index contributed by atoms with van der Waals surface area (Å²) in [5, 5.41) is 27.4. The van der Waals surface area contributed by atoms with E-state index in [1.165, 1.54) is 23.6 Å². The molecule has 2 aliphatic heterocycles. The third kappa shape index (κ3) is 2.08. The van der Waals surface area contributed by atoms with Crippen molar-refractivity contribution in [2.75, 3.05) is 5.75 Å². The summed E-state index contributed by atoms with van der Waals surface area (Å²) in [6.45, 7) is 1.49. The zero-order valence-electron chi connectivity index (χ0n) is 10.8. The molecule has 0 saturated carbocycles. The number of aliphatic hydroxyl groups excluding tert-OH is 1. The second kappa shape index (κ2) is 5.44.